The molecule has 3 atom stereocenters. The normalized spacial score (nSPS) is 16.9. The quantitative estimate of drug-likeness (QED) is 0.173. The lowest BCUT2D eigenvalue weighted by Crippen LogP contribution is -2.11. The molecule has 0 fully saturated rings. The lowest BCUT2D eigenvalue weighted by Gasteiger charge is -2.25. The Morgan fingerprint density at radius 1 is 0.522 bits per heavy atom. The minimum atomic E-state index is 0.219. The van der Waals surface area contributed by atoms with E-state index in [9.17, 15) is 0 Å². The smallest absolute Gasteiger partial charge is 0.238 e. The fourth-order valence-corrected chi connectivity index (χ4v) is 11.5. The second kappa shape index (κ2) is 14.8. The van der Waals surface area contributed by atoms with Gasteiger partial charge in [-0.3, -0.25) is 4.57 Å². The van der Waals surface area contributed by atoms with Crippen molar-refractivity contribution in [1.82, 2.24) is 24.1 Å². The molecule has 6 nitrogen and oxygen atoms in total. The Balaban J connectivity index is 0.923. The van der Waals surface area contributed by atoms with Crippen molar-refractivity contribution in [3.8, 4) is 39.9 Å². The summed E-state index contributed by atoms with van der Waals surface area (Å²) in [4.78, 5) is 15.8. The first-order valence-electron chi connectivity index (χ1n) is 23.4. The summed E-state index contributed by atoms with van der Waals surface area (Å²) in [6, 6.07) is 63.6. The van der Waals surface area contributed by atoms with Crippen molar-refractivity contribution in [3.05, 3.63) is 217 Å². The van der Waals surface area contributed by atoms with Gasteiger partial charge >= 0.3 is 0 Å². The number of hydrogen-bond acceptors (Lipinski definition) is 4. The van der Waals surface area contributed by atoms with Crippen LogP contribution < -0.4 is 0 Å². The highest BCUT2D eigenvalue weighted by Crippen LogP contribution is 2.50. The van der Waals surface area contributed by atoms with E-state index in [1.54, 1.807) is 0 Å². The zero-order valence-corrected chi connectivity index (χ0v) is 36.8. The number of hydrogen-bond donors (Lipinski definition) is 0. The zero-order chi connectivity index (χ0) is 44.2. The fourth-order valence-electron chi connectivity index (χ4n) is 11.5. The van der Waals surface area contributed by atoms with Gasteiger partial charge in [0.25, 0.3) is 0 Å². The highest BCUT2D eigenvalue weighted by Gasteiger charge is 2.32. The predicted molar refractivity (Wildman–Crippen MR) is 274 cm³/mol. The Morgan fingerprint density at radius 2 is 1.18 bits per heavy atom. The molecule has 14 rings (SSSR count). The van der Waals surface area contributed by atoms with Gasteiger partial charge in [0.15, 0.2) is 11.6 Å². The van der Waals surface area contributed by atoms with Gasteiger partial charge in [-0.25, -0.2) is 4.98 Å². The molecule has 2 aliphatic carbocycles. The summed E-state index contributed by atoms with van der Waals surface area (Å²) in [5.41, 5.74) is 14.9. The summed E-state index contributed by atoms with van der Waals surface area (Å²) in [5, 5.41) is 7.15. The van der Waals surface area contributed by atoms with Crippen LogP contribution in [0.3, 0.4) is 0 Å². The van der Waals surface area contributed by atoms with Crippen LogP contribution in [0.15, 0.2) is 205 Å². The molecule has 6 heteroatoms. The number of benzene rings is 8. The third-order valence-corrected chi connectivity index (χ3v) is 14.6. The lowest BCUT2D eigenvalue weighted by atomic mass is 9.78. The Labute approximate surface area is 386 Å². The first-order valence-corrected chi connectivity index (χ1v) is 23.4. The van der Waals surface area contributed by atoms with E-state index < -0.39 is 0 Å². The van der Waals surface area contributed by atoms with Gasteiger partial charge in [-0.1, -0.05) is 165 Å². The van der Waals surface area contributed by atoms with Crippen LogP contribution in [0, 0.1) is 0 Å². The molecule has 0 spiro atoms. The molecule has 3 unspecified atom stereocenters. The van der Waals surface area contributed by atoms with Crippen molar-refractivity contribution in [2.24, 2.45) is 0 Å². The van der Waals surface area contributed by atoms with Crippen LogP contribution in [-0.4, -0.2) is 24.1 Å². The molecule has 0 aliphatic heterocycles. The second-order valence-electron chi connectivity index (χ2n) is 18.3. The van der Waals surface area contributed by atoms with Crippen molar-refractivity contribution >= 4 is 65.6 Å². The first kappa shape index (κ1) is 38.0. The van der Waals surface area contributed by atoms with Gasteiger partial charge in [0.05, 0.1) is 17.1 Å². The topological polar surface area (TPSA) is 61.7 Å². The van der Waals surface area contributed by atoms with Gasteiger partial charge < -0.3 is 8.98 Å². The average Bonchev–Trinajstić information content (AvgIpc) is 4.03. The van der Waals surface area contributed by atoms with E-state index in [2.05, 4.69) is 198 Å². The van der Waals surface area contributed by atoms with Crippen LogP contribution in [0.1, 0.15) is 47.9 Å². The zero-order valence-electron chi connectivity index (χ0n) is 36.8. The molecule has 2 aliphatic rings. The van der Waals surface area contributed by atoms with Crippen LogP contribution in [0.25, 0.3) is 105 Å². The van der Waals surface area contributed by atoms with E-state index in [1.807, 2.05) is 18.2 Å². The molecule has 4 heterocycles. The maximum Gasteiger partial charge on any atom is 0.238 e. The summed E-state index contributed by atoms with van der Waals surface area (Å²) in [7, 11) is 0. The molecule has 0 saturated heterocycles. The lowest BCUT2D eigenvalue weighted by molar-refractivity contribution is 0.582. The summed E-state index contributed by atoms with van der Waals surface area (Å²) in [6.07, 6.45) is 10.9. The third kappa shape index (κ3) is 5.85. The van der Waals surface area contributed by atoms with Gasteiger partial charge in [0.1, 0.15) is 11.2 Å². The SMILES string of the molecule is CC1c2c(ccc3c2c2ccccc2n3C2C=CC=CC2)-c2ccccc2CC1c1ccc(-c2nc(-c3ccc4c(c3)oc3ccccc34)nc(-n3c4ccccc4c4ccccc43)n2)cc1. The molecule has 4 aromatic heterocycles. The fraction of sp³-hybridized carbons (Fsp3) is 0.0984. The molecule has 318 valence electrons. The largest absolute Gasteiger partial charge is 0.456 e. The van der Waals surface area contributed by atoms with E-state index in [-0.39, 0.29) is 17.9 Å². The molecule has 0 saturated carbocycles. The van der Waals surface area contributed by atoms with Crippen molar-refractivity contribution in [3.63, 3.8) is 0 Å². The Kier molecular flexibility index (Phi) is 8.41. The van der Waals surface area contributed by atoms with E-state index >= 15 is 0 Å². The van der Waals surface area contributed by atoms with Crippen LogP contribution in [0.4, 0.5) is 0 Å². The number of nitrogens with zero attached hydrogens (tertiary/aromatic N) is 5. The Hall–Kier alpha value is -8.35. The van der Waals surface area contributed by atoms with E-state index in [4.69, 9.17) is 19.4 Å². The van der Waals surface area contributed by atoms with Crippen molar-refractivity contribution in [2.45, 2.75) is 37.6 Å². The van der Waals surface area contributed by atoms with Crippen molar-refractivity contribution < 1.29 is 4.42 Å². The molecular weight excluding hydrogens is 819 g/mol. The molecule has 0 radical (unpaired) electrons. The van der Waals surface area contributed by atoms with Crippen LogP contribution in [0.5, 0.6) is 0 Å². The van der Waals surface area contributed by atoms with E-state index in [0.29, 0.717) is 17.6 Å². The van der Waals surface area contributed by atoms with Gasteiger partial charge in [-0.05, 0) is 95.0 Å². The highest BCUT2D eigenvalue weighted by molar-refractivity contribution is 6.13. The van der Waals surface area contributed by atoms with Gasteiger partial charge in [-0.15, -0.1) is 0 Å². The average molecular weight is 862 g/mol. The third-order valence-electron chi connectivity index (χ3n) is 14.6. The summed E-state index contributed by atoms with van der Waals surface area (Å²) < 4.78 is 11.1. The maximum absolute atomic E-state index is 6.37. The van der Waals surface area contributed by atoms with E-state index in [1.165, 1.54) is 49.6 Å². The molecule has 0 N–H and O–H groups in total. The molecule has 8 aromatic carbocycles. The van der Waals surface area contributed by atoms with Crippen LogP contribution >= 0.6 is 0 Å². The Morgan fingerprint density at radius 3 is 1.96 bits per heavy atom. The number of furan rings is 1. The predicted octanol–water partition coefficient (Wildman–Crippen LogP) is 15.5. The van der Waals surface area contributed by atoms with Gasteiger partial charge in [0.2, 0.25) is 5.95 Å². The summed E-state index contributed by atoms with van der Waals surface area (Å²) in [5.74, 6) is 2.21. The second-order valence-corrected chi connectivity index (χ2v) is 18.3. The number of fused-ring (bicyclic) bond motifs is 13. The standard InChI is InChI=1S/C61H43N5O/c1-37-50(35-40-15-5-6-18-43(40)48-33-34-54-58(57(37)48)49-22-9-13-25-53(49)65(54)42-16-3-2-4-17-42)38-27-29-39(30-28-38)59-62-60(41-31-32-47-46-21-10-14-26-55(46)67-56(47)36-41)64-61(63-59)66-51-23-11-7-19-44(51)45-20-8-12-24-52(45)66/h2-16,18-34,36-37,42,50H,17,35H2,1H3. The van der Waals surface area contributed by atoms with Crippen molar-refractivity contribution in [1.29, 1.82) is 0 Å². The summed E-state index contributed by atoms with van der Waals surface area (Å²) >= 11 is 0. The number of aromatic nitrogens is 5. The Bertz CT molecular complexity index is 3980. The first-order chi connectivity index (χ1) is 33.1. The number of allylic oxidation sites excluding steroid dienone is 4. The number of para-hydroxylation sites is 4. The minimum absolute atomic E-state index is 0.219. The summed E-state index contributed by atoms with van der Waals surface area (Å²) in [6.45, 7) is 2.45. The van der Waals surface area contributed by atoms with E-state index in [0.717, 1.165) is 67.7 Å². The molecule has 67 heavy (non-hydrogen) atoms. The molecular formula is C61H43N5O. The van der Waals surface area contributed by atoms with Crippen molar-refractivity contribution in [2.75, 3.05) is 0 Å². The highest BCUT2D eigenvalue weighted by atomic mass is 16.3. The van der Waals surface area contributed by atoms with Gasteiger partial charge in [-0.2, -0.15) is 9.97 Å². The molecule has 0 bridgehead atoms. The molecule has 0 amide bonds. The van der Waals surface area contributed by atoms with Gasteiger partial charge in [0, 0.05) is 54.5 Å². The monoisotopic (exact) mass is 861 g/mol. The van der Waals surface area contributed by atoms with Crippen LogP contribution in [-0.2, 0) is 6.42 Å². The minimum Gasteiger partial charge on any atom is -0.456 e. The number of rotatable bonds is 5. The maximum atomic E-state index is 6.37. The van der Waals surface area contributed by atoms with Crippen LogP contribution in [0.2, 0.25) is 0 Å². The molecule has 12 aromatic rings.